The average molecular weight is 366 g/mol. The number of aromatic nitrogens is 1. The zero-order chi connectivity index (χ0) is 19.4. The molecule has 0 saturated carbocycles. The maximum absolute atomic E-state index is 12.5. The van der Waals surface area contributed by atoms with E-state index in [1.54, 1.807) is 25.4 Å². The molecule has 0 fully saturated rings. The highest BCUT2D eigenvalue weighted by atomic mass is 16.5. The van der Waals surface area contributed by atoms with Gasteiger partial charge in [0.25, 0.3) is 5.91 Å². The topological polar surface area (TPSA) is 83.9 Å². The van der Waals surface area contributed by atoms with E-state index in [9.17, 15) is 9.59 Å². The van der Waals surface area contributed by atoms with Gasteiger partial charge in [-0.3, -0.25) is 9.59 Å². The SMILES string of the molecule is COc1cc(CNC(=O)C2=NN(c3cc(C)ccc3C)C(=O)CC2)ccn1. The number of nitrogens with zero attached hydrogens (tertiary/aromatic N) is 3. The summed E-state index contributed by atoms with van der Waals surface area (Å²) in [6.45, 7) is 4.20. The predicted molar refractivity (Wildman–Crippen MR) is 103 cm³/mol. The average Bonchev–Trinajstić information content (AvgIpc) is 2.68. The van der Waals surface area contributed by atoms with Gasteiger partial charge in [-0.15, -0.1) is 0 Å². The Morgan fingerprint density at radius 1 is 1.22 bits per heavy atom. The minimum atomic E-state index is -0.284. The number of amides is 2. The molecule has 7 heteroatoms. The Kier molecular flexibility index (Phi) is 5.49. The molecule has 3 rings (SSSR count). The Hall–Kier alpha value is -3.22. The van der Waals surface area contributed by atoms with E-state index >= 15 is 0 Å². The van der Waals surface area contributed by atoms with Gasteiger partial charge in [0.05, 0.1) is 12.8 Å². The number of hydrogen-bond donors (Lipinski definition) is 1. The lowest BCUT2D eigenvalue weighted by Crippen LogP contribution is -2.39. The van der Waals surface area contributed by atoms with Crippen molar-refractivity contribution in [3.8, 4) is 5.88 Å². The summed E-state index contributed by atoms with van der Waals surface area (Å²) >= 11 is 0. The molecule has 2 heterocycles. The second kappa shape index (κ2) is 7.99. The molecule has 0 unspecified atom stereocenters. The molecule has 1 aliphatic heterocycles. The van der Waals surface area contributed by atoms with Crippen LogP contribution in [0.5, 0.6) is 5.88 Å². The summed E-state index contributed by atoms with van der Waals surface area (Å²) in [5.41, 5.74) is 3.89. The fraction of sp³-hybridized carbons (Fsp3) is 0.300. The lowest BCUT2D eigenvalue weighted by Gasteiger charge is -2.24. The largest absolute Gasteiger partial charge is 0.481 e. The first-order valence-corrected chi connectivity index (χ1v) is 8.72. The Bertz CT molecular complexity index is 908. The Morgan fingerprint density at radius 2 is 2.04 bits per heavy atom. The van der Waals surface area contributed by atoms with Crippen molar-refractivity contribution >= 4 is 23.2 Å². The number of nitrogens with one attached hydrogen (secondary N) is 1. The summed E-state index contributed by atoms with van der Waals surface area (Å²) in [5, 5.41) is 8.52. The summed E-state index contributed by atoms with van der Waals surface area (Å²) < 4.78 is 5.08. The van der Waals surface area contributed by atoms with Crippen LogP contribution in [0.1, 0.15) is 29.5 Å². The van der Waals surface area contributed by atoms with Crippen LogP contribution in [0.4, 0.5) is 5.69 Å². The molecular formula is C20H22N4O3. The lowest BCUT2D eigenvalue weighted by atomic mass is 10.1. The monoisotopic (exact) mass is 366 g/mol. The summed E-state index contributed by atoms with van der Waals surface area (Å²) in [5.74, 6) is 0.0937. The first-order chi connectivity index (χ1) is 13.0. The van der Waals surface area contributed by atoms with Crippen LogP contribution < -0.4 is 15.1 Å². The third-order valence-electron chi connectivity index (χ3n) is 4.35. The van der Waals surface area contributed by atoms with Gasteiger partial charge in [-0.25, -0.2) is 9.99 Å². The van der Waals surface area contributed by atoms with Crippen molar-refractivity contribution in [3.05, 3.63) is 53.2 Å². The summed E-state index contributed by atoms with van der Waals surface area (Å²) in [4.78, 5) is 28.9. The number of carbonyl (C=O) groups excluding carboxylic acids is 2. The highest BCUT2D eigenvalue weighted by Crippen LogP contribution is 2.25. The van der Waals surface area contributed by atoms with Crippen molar-refractivity contribution in [2.75, 3.05) is 12.1 Å². The van der Waals surface area contributed by atoms with Crippen LogP contribution in [0.3, 0.4) is 0 Å². The first-order valence-electron chi connectivity index (χ1n) is 8.72. The van der Waals surface area contributed by atoms with Crippen molar-refractivity contribution < 1.29 is 14.3 Å². The van der Waals surface area contributed by atoms with Crippen LogP contribution in [-0.4, -0.2) is 29.6 Å². The number of pyridine rings is 1. The van der Waals surface area contributed by atoms with Gasteiger partial charge in [-0.05, 0) is 42.7 Å². The summed E-state index contributed by atoms with van der Waals surface area (Å²) in [6.07, 6.45) is 2.20. The maximum Gasteiger partial charge on any atom is 0.267 e. The smallest absolute Gasteiger partial charge is 0.267 e. The van der Waals surface area contributed by atoms with E-state index in [1.807, 2.05) is 32.0 Å². The minimum absolute atomic E-state index is 0.112. The number of methoxy groups -OCH3 is 1. The molecular weight excluding hydrogens is 344 g/mol. The lowest BCUT2D eigenvalue weighted by molar-refractivity contribution is -0.119. The zero-order valence-corrected chi connectivity index (χ0v) is 15.7. The van der Waals surface area contributed by atoms with Crippen molar-refractivity contribution in [2.24, 2.45) is 5.10 Å². The van der Waals surface area contributed by atoms with E-state index in [2.05, 4.69) is 15.4 Å². The van der Waals surface area contributed by atoms with E-state index in [4.69, 9.17) is 4.74 Å². The van der Waals surface area contributed by atoms with Crippen LogP contribution in [0, 0.1) is 13.8 Å². The summed E-state index contributed by atoms with van der Waals surface area (Å²) in [6, 6.07) is 9.39. The van der Waals surface area contributed by atoms with Gasteiger partial charge < -0.3 is 10.1 Å². The fourth-order valence-corrected chi connectivity index (χ4v) is 2.81. The summed E-state index contributed by atoms with van der Waals surface area (Å²) in [7, 11) is 1.54. The fourth-order valence-electron chi connectivity index (χ4n) is 2.81. The van der Waals surface area contributed by atoms with E-state index in [0.717, 1.165) is 16.7 Å². The third kappa shape index (κ3) is 4.31. The molecule has 0 spiro atoms. The molecule has 0 atom stereocenters. The van der Waals surface area contributed by atoms with Crippen molar-refractivity contribution in [2.45, 2.75) is 33.2 Å². The van der Waals surface area contributed by atoms with Gasteiger partial charge in [0, 0.05) is 31.6 Å². The molecule has 0 bridgehead atoms. The van der Waals surface area contributed by atoms with Crippen LogP contribution in [-0.2, 0) is 16.1 Å². The molecule has 7 nitrogen and oxygen atoms in total. The zero-order valence-electron chi connectivity index (χ0n) is 15.7. The molecule has 1 aromatic carbocycles. The normalized spacial score (nSPS) is 14.0. The number of benzene rings is 1. The number of hydrogen-bond acceptors (Lipinski definition) is 5. The highest BCUT2D eigenvalue weighted by molar-refractivity contribution is 6.40. The molecule has 1 aliphatic rings. The molecule has 1 aromatic heterocycles. The number of rotatable bonds is 5. The standard InChI is InChI=1S/C20H22N4O3/c1-13-4-5-14(2)17(10-13)24-19(25)7-6-16(23-24)20(26)22-12-15-8-9-21-18(11-15)27-3/h4-5,8-11H,6-7,12H2,1-3H3,(H,22,26). The quantitative estimate of drug-likeness (QED) is 0.881. The van der Waals surface area contributed by atoms with Crippen molar-refractivity contribution in [1.29, 1.82) is 0 Å². The Balaban J connectivity index is 1.75. The molecule has 2 amide bonds. The molecule has 0 aliphatic carbocycles. The van der Waals surface area contributed by atoms with Gasteiger partial charge in [-0.2, -0.15) is 5.10 Å². The highest BCUT2D eigenvalue weighted by Gasteiger charge is 2.26. The first kappa shape index (κ1) is 18.6. The van der Waals surface area contributed by atoms with Gasteiger partial charge in [0.2, 0.25) is 11.8 Å². The third-order valence-corrected chi connectivity index (χ3v) is 4.35. The van der Waals surface area contributed by atoms with E-state index < -0.39 is 0 Å². The van der Waals surface area contributed by atoms with E-state index in [0.29, 0.717) is 30.2 Å². The molecule has 27 heavy (non-hydrogen) atoms. The van der Waals surface area contributed by atoms with Gasteiger partial charge in [-0.1, -0.05) is 12.1 Å². The number of carbonyl (C=O) groups is 2. The second-order valence-corrected chi connectivity index (χ2v) is 6.43. The van der Waals surface area contributed by atoms with Crippen LogP contribution >= 0.6 is 0 Å². The Morgan fingerprint density at radius 3 is 2.81 bits per heavy atom. The van der Waals surface area contributed by atoms with Gasteiger partial charge in [0.15, 0.2) is 0 Å². The molecule has 2 aromatic rings. The minimum Gasteiger partial charge on any atom is -0.481 e. The Labute approximate surface area is 158 Å². The van der Waals surface area contributed by atoms with Crippen molar-refractivity contribution in [1.82, 2.24) is 10.3 Å². The second-order valence-electron chi connectivity index (χ2n) is 6.43. The van der Waals surface area contributed by atoms with Gasteiger partial charge >= 0.3 is 0 Å². The van der Waals surface area contributed by atoms with Crippen molar-refractivity contribution in [3.63, 3.8) is 0 Å². The number of aryl methyl sites for hydroxylation is 2. The van der Waals surface area contributed by atoms with Crippen LogP contribution in [0.2, 0.25) is 0 Å². The molecule has 1 N–H and O–H groups in total. The maximum atomic E-state index is 12.5. The molecule has 0 radical (unpaired) electrons. The van der Waals surface area contributed by atoms with Crippen LogP contribution in [0.25, 0.3) is 0 Å². The number of hydrazone groups is 1. The van der Waals surface area contributed by atoms with E-state index in [1.165, 1.54) is 5.01 Å². The van der Waals surface area contributed by atoms with Crippen LogP contribution in [0.15, 0.2) is 41.6 Å². The van der Waals surface area contributed by atoms with Gasteiger partial charge in [0.1, 0.15) is 5.71 Å². The predicted octanol–water partition coefficient (Wildman–Crippen LogP) is 2.51. The molecule has 140 valence electrons. The number of ether oxygens (including phenoxy) is 1. The molecule has 0 saturated heterocycles. The van der Waals surface area contributed by atoms with E-state index in [-0.39, 0.29) is 18.2 Å². The number of anilines is 1.